The monoisotopic (exact) mass is 326 g/mol. The Labute approximate surface area is 141 Å². The Hall–Kier alpha value is -2.28. The van der Waals surface area contributed by atoms with Crippen LogP contribution in [0, 0.1) is 6.92 Å². The van der Waals surface area contributed by atoms with E-state index in [9.17, 15) is 4.79 Å². The van der Waals surface area contributed by atoms with E-state index >= 15 is 0 Å². The number of carbonyl (C=O) groups is 1. The Morgan fingerprint density at radius 2 is 2.00 bits per heavy atom. The second-order valence-electron chi connectivity index (χ2n) is 6.69. The zero-order valence-corrected chi connectivity index (χ0v) is 13.9. The molecular formula is C17H22N6O. The van der Waals surface area contributed by atoms with Gasteiger partial charge in [-0.05, 0) is 37.9 Å². The number of hydrogen-bond donors (Lipinski definition) is 1. The van der Waals surface area contributed by atoms with E-state index in [1.165, 1.54) is 10.4 Å². The van der Waals surface area contributed by atoms with Crippen molar-refractivity contribution in [2.24, 2.45) is 0 Å². The van der Waals surface area contributed by atoms with Crippen LogP contribution in [0.4, 0.5) is 0 Å². The van der Waals surface area contributed by atoms with Crippen molar-refractivity contribution in [2.75, 3.05) is 13.1 Å². The summed E-state index contributed by atoms with van der Waals surface area (Å²) in [6.45, 7) is 4.08. The molecule has 1 aromatic heterocycles. The number of hydrogen-bond acceptors (Lipinski definition) is 5. The number of rotatable bonds is 3. The van der Waals surface area contributed by atoms with Crippen molar-refractivity contribution in [3.05, 3.63) is 29.8 Å². The molecule has 7 heteroatoms. The Morgan fingerprint density at radius 3 is 2.83 bits per heavy atom. The summed E-state index contributed by atoms with van der Waals surface area (Å²) in [7, 11) is 0. The number of carbonyl (C=O) groups excluding carboxylic acids is 1. The number of fused-ring (bicyclic) bond motifs is 2. The van der Waals surface area contributed by atoms with E-state index in [1.54, 1.807) is 0 Å². The van der Waals surface area contributed by atoms with Crippen molar-refractivity contribution in [2.45, 2.75) is 44.8 Å². The molecule has 2 aliphatic heterocycles. The third-order valence-electron chi connectivity index (χ3n) is 4.98. The standard InChI is InChI=1S/C17H22N6O/c1-12-2-4-13(5-3-12)17-19-21-22(20-17)11-16(24)23-14-6-7-15(23)10-18-9-8-14/h2-5,14-15,18H,6-11H2,1H3. The highest BCUT2D eigenvalue weighted by atomic mass is 16.2. The molecule has 4 rings (SSSR count). The van der Waals surface area contributed by atoms with Crippen molar-refractivity contribution in [3.63, 3.8) is 0 Å². The van der Waals surface area contributed by atoms with Crippen LogP contribution in [0.1, 0.15) is 24.8 Å². The van der Waals surface area contributed by atoms with Crippen molar-refractivity contribution in [3.8, 4) is 11.4 Å². The lowest BCUT2D eigenvalue weighted by Gasteiger charge is -2.27. The predicted molar refractivity (Wildman–Crippen MR) is 89.1 cm³/mol. The number of benzene rings is 1. The molecule has 0 saturated carbocycles. The quantitative estimate of drug-likeness (QED) is 0.911. The second kappa shape index (κ2) is 6.32. The van der Waals surface area contributed by atoms with Gasteiger partial charge in [0.15, 0.2) is 0 Å². The number of aryl methyl sites for hydroxylation is 1. The third-order valence-corrected chi connectivity index (χ3v) is 4.98. The molecule has 2 fully saturated rings. The molecular weight excluding hydrogens is 304 g/mol. The number of amides is 1. The van der Waals surface area contributed by atoms with Gasteiger partial charge in [-0.25, -0.2) is 0 Å². The predicted octanol–water partition coefficient (Wildman–Crippen LogP) is 1.00. The van der Waals surface area contributed by atoms with Crippen LogP contribution >= 0.6 is 0 Å². The summed E-state index contributed by atoms with van der Waals surface area (Å²) >= 11 is 0. The average Bonchev–Trinajstić information content (AvgIpc) is 3.11. The zero-order chi connectivity index (χ0) is 16.5. The third kappa shape index (κ3) is 2.91. The molecule has 1 amide bonds. The van der Waals surface area contributed by atoms with Gasteiger partial charge in [-0.15, -0.1) is 10.2 Å². The minimum absolute atomic E-state index is 0.0963. The van der Waals surface area contributed by atoms with Gasteiger partial charge in [-0.1, -0.05) is 29.8 Å². The first-order valence-corrected chi connectivity index (χ1v) is 8.57. The van der Waals surface area contributed by atoms with Gasteiger partial charge >= 0.3 is 0 Å². The number of nitrogens with one attached hydrogen (secondary N) is 1. The smallest absolute Gasteiger partial charge is 0.246 e. The Morgan fingerprint density at radius 1 is 1.21 bits per heavy atom. The number of nitrogens with zero attached hydrogens (tertiary/aromatic N) is 5. The summed E-state index contributed by atoms with van der Waals surface area (Å²) in [6, 6.07) is 8.65. The lowest BCUT2D eigenvalue weighted by atomic mass is 10.1. The highest BCUT2D eigenvalue weighted by Gasteiger charge is 2.38. The summed E-state index contributed by atoms with van der Waals surface area (Å²) < 4.78 is 0. The molecule has 2 aromatic rings. The molecule has 2 atom stereocenters. The average molecular weight is 326 g/mol. The molecule has 0 aliphatic carbocycles. The van der Waals surface area contributed by atoms with Crippen molar-refractivity contribution >= 4 is 5.91 Å². The Kier molecular flexibility index (Phi) is 4.02. The fourth-order valence-electron chi connectivity index (χ4n) is 3.72. The van der Waals surface area contributed by atoms with Crippen LogP contribution in [0.3, 0.4) is 0 Å². The molecule has 126 valence electrons. The summed E-state index contributed by atoms with van der Waals surface area (Å²) in [5.41, 5.74) is 2.10. The maximum absolute atomic E-state index is 12.7. The van der Waals surface area contributed by atoms with Crippen LogP contribution in [0.5, 0.6) is 0 Å². The minimum Gasteiger partial charge on any atom is -0.334 e. The van der Waals surface area contributed by atoms with E-state index in [4.69, 9.17) is 0 Å². The van der Waals surface area contributed by atoms with Crippen LogP contribution < -0.4 is 5.32 Å². The molecule has 7 nitrogen and oxygen atoms in total. The highest BCUT2D eigenvalue weighted by Crippen LogP contribution is 2.28. The molecule has 3 heterocycles. The van der Waals surface area contributed by atoms with E-state index in [1.807, 2.05) is 31.2 Å². The first-order chi connectivity index (χ1) is 11.7. The second-order valence-corrected chi connectivity index (χ2v) is 6.69. The van der Waals surface area contributed by atoms with Crippen molar-refractivity contribution in [1.82, 2.24) is 30.4 Å². The number of aromatic nitrogens is 4. The molecule has 2 aliphatic rings. The van der Waals surface area contributed by atoms with E-state index in [0.717, 1.165) is 37.9 Å². The van der Waals surface area contributed by atoms with Crippen LogP contribution in [0.25, 0.3) is 11.4 Å². The largest absolute Gasteiger partial charge is 0.334 e. The van der Waals surface area contributed by atoms with Crippen molar-refractivity contribution in [1.29, 1.82) is 0 Å². The van der Waals surface area contributed by atoms with E-state index in [2.05, 4.69) is 25.6 Å². The zero-order valence-electron chi connectivity index (χ0n) is 13.9. The molecule has 2 bridgehead atoms. The SMILES string of the molecule is Cc1ccc(-c2nnn(CC(=O)N3C4CCNCC3CC4)n2)cc1. The molecule has 0 radical (unpaired) electrons. The van der Waals surface area contributed by atoms with E-state index in [-0.39, 0.29) is 12.5 Å². The first kappa shape index (κ1) is 15.3. The van der Waals surface area contributed by atoms with Crippen molar-refractivity contribution < 1.29 is 4.79 Å². The molecule has 1 N–H and O–H groups in total. The topological polar surface area (TPSA) is 75.9 Å². The summed E-state index contributed by atoms with van der Waals surface area (Å²) in [4.78, 5) is 16.2. The van der Waals surface area contributed by atoms with E-state index < -0.39 is 0 Å². The minimum atomic E-state index is 0.0963. The van der Waals surface area contributed by atoms with Crippen LogP contribution in [-0.2, 0) is 11.3 Å². The Bertz CT molecular complexity index is 711. The van der Waals surface area contributed by atoms with Gasteiger partial charge in [0.1, 0.15) is 6.54 Å². The van der Waals surface area contributed by atoms with Gasteiger partial charge in [0.2, 0.25) is 11.7 Å². The fraction of sp³-hybridized carbons (Fsp3) is 0.529. The molecule has 2 saturated heterocycles. The fourth-order valence-corrected chi connectivity index (χ4v) is 3.72. The van der Waals surface area contributed by atoms with Gasteiger partial charge in [-0.2, -0.15) is 4.80 Å². The first-order valence-electron chi connectivity index (χ1n) is 8.57. The molecule has 24 heavy (non-hydrogen) atoms. The summed E-state index contributed by atoms with van der Waals surface area (Å²) in [5.74, 6) is 0.655. The lowest BCUT2D eigenvalue weighted by Crippen LogP contribution is -2.44. The van der Waals surface area contributed by atoms with Crippen LogP contribution in [-0.4, -0.2) is 56.2 Å². The lowest BCUT2D eigenvalue weighted by molar-refractivity contribution is -0.134. The number of tetrazole rings is 1. The summed E-state index contributed by atoms with van der Waals surface area (Å²) in [5, 5.41) is 15.9. The van der Waals surface area contributed by atoms with Gasteiger partial charge < -0.3 is 10.2 Å². The van der Waals surface area contributed by atoms with Crippen LogP contribution in [0.2, 0.25) is 0 Å². The molecule has 0 spiro atoms. The molecule has 1 aromatic carbocycles. The van der Waals surface area contributed by atoms with Gasteiger partial charge in [0.05, 0.1) is 0 Å². The van der Waals surface area contributed by atoms with Gasteiger partial charge in [0, 0.05) is 24.2 Å². The van der Waals surface area contributed by atoms with Crippen LogP contribution in [0.15, 0.2) is 24.3 Å². The maximum atomic E-state index is 12.7. The van der Waals surface area contributed by atoms with Gasteiger partial charge in [-0.3, -0.25) is 4.79 Å². The summed E-state index contributed by atoms with van der Waals surface area (Å²) in [6.07, 6.45) is 3.22. The normalized spacial score (nSPS) is 23.3. The maximum Gasteiger partial charge on any atom is 0.246 e. The van der Waals surface area contributed by atoms with E-state index in [0.29, 0.717) is 17.9 Å². The van der Waals surface area contributed by atoms with Gasteiger partial charge in [0.25, 0.3) is 0 Å². The Balaban J connectivity index is 1.47. The highest BCUT2D eigenvalue weighted by molar-refractivity contribution is 5.77. The molecule has 2 unspecified atom stereocenters.